The minimum absolute atomic E-state index is 0.157. The van der Waals surface area contributed by atoms with Crippen LogP contribution in [0.15, 0.2) is 0 Å². The number of likely N-dealkylation sites (tertiary alicyclic amines) is 1. The van der Waals surface area contributed by atoms with E-state index in [1.807, 2.05) is 0 Å². The summed E-state index contributed by atoms with van der Waals surface area (Å²) in [5.74, 6) is 1.82. The van der Waals surface area contributed by atoms with Crippen molar-refractivity contribution in [2.75, 3.05) is 26.2 Å². The van der Waals surface area contributed by atoms with Gasteiger partial charge in [-0.3, -0.25) is 9.69 Å². The van der Waals surface area contributed by atoms with Gasteiger partial charge in [-0.15, -0.1) is 0 Å². The lowest BCUT2D eigenvalue weighted by Crippen LogP contribution is -2.47. The second-order valence-corrected chi connectivity index (χ2v) is 6.51. The molecule has 1 saturated heterocycles. The monoisotopic (exact) mass is 268 g/mol. The van der Waals surface area contributed by atoms with Gasteiger partial charge in [-0.1, -0.05) is 26.7 Å². The molecule has 0 bridgehead atoms. The Kier molecular flexibility index (Phi) is 5.22. The molecular formula is C15H28N2O2. The maximum absolute atomic E-state index is 12.1. The van der Waals surface area contributed by atoms with Crippen LogP contribution in [0.25, 0.3) is 0 Å². The van der Waals surface area contributed by atoms with Crippen LogP contribution in [0.5, 0.6) is 0 Å². The minimum Gasteiger partial charge on any atom is -0.396 e. The van der Waals surface area contributed by atoms with Crippen molar-refractivity contribution in [3.63, 3.8) is 0 Å². The molecule has 2 fully saturated rings. The van der Waals surface area contributed by atoms with E-state index in [1.165, 1.54) is 12.8 Å². The molecule has 2 rings (SSSR count). The molecule has 1 aliphatic heterocycles. The number of aliphatic hydroxyl groups is 1. The SMILES string of the molecule is CC1CCCC(NC(=O)CN2CCC(CO)C2)C1C. The molecule has 0 aromatic carbocycles. The molecule has 1 heterocycles. The van der Waals surface area contributed by atoms with Gasteiger partial charge in [0, 0.05) is 19.2 Å². The molecule has 0 aromatic heterocycles. The molecule has 2 aliphatic rings. The van der Waals surface area contributed by atoms with Crippen LogP contribution in [0.3, 0.4) is 0 Å². The fraction of sp³-hybridized carbons (Fsp3) is 0.933. The average molecular weight is 268 g/mol. The summed E-state index contributed by atoms with van der Waals surface area (Å²) in [4.78, 5) is 14.3. The summed E-state index contributed by atoms with van der Waals surface area (Å²) < 4.78 is 0. The maximum atomic E-state index is 12.1. The van der Waals surface area contributed by atoms with Crippen LogP contribution in [0, 0.1) is 17.8 Å². The van der Waals surface area contributed by atoms with Gasteiger partial charge in [-0.05, 0) is 37.1 Å². The zero-order chi connectivity index (χ0) is 13.8. The first-order chi connectivity index (χ1) is 9.10. The van der Waals surface area contributed by atoms with Crippen molar-refractivity contribution < 1.29 is 9.90 Å². The number of hydrogen-bond donors (Lipinski definition) is 2. The zero-order valence-electron chi connectivity index (χ0n) is 12.3. The molecule has 4 heteroatoms. The number of nitrogens with zero attached hydrogens (tertiary/aromatic N) is 1. The van der Waals surface area contributed by atoms with Gasteiger partial charge in [0.1, 0.15) is 0 Å². The number of amides is 1. The van der Waals surface area contributed by atoms with Gasteiger partial charge in [0.2, 0.25) is 5.91 Å². The van der Waals surface area contributed by atoms with Crippen LogP contribution in [0.2, 0.25) is 0 Å². The third-order valence-corrected chi connectivity index (χ3v) is 5.05. The molecule has 110 valence electrons. The van der Waals surface area contributed by atoms with E-state index >= 15 is 0 Å². The quantitative estimate of drug-likeness (QED) is 0.806. The molecule has 2 N–H and O–H groups in total. The molecule has 0 radical (unpaired) electrons. The number of carbonyl (C=O) groups is 1. The van der Waals surface area contributed by atoms with Crippen molar-refractivity contribution in [3.05, 3.63) is 0 Å². The highest BCUT2D eigenvalue weighted by molar-refractivity contribution is 5.78. The van der Waals surface area contributed by atoms with Crippen LogP contribution >= 0.6 is 0 Å². The molecule has 4 nitrogen and oxygen atoms in total. The second-order valence-electron chi connectivity index (χ2n) is 6.51. The topological polar surface area (TPSA) is 52.6 Å². The third-order valence-electron chi connectivity index (χ3n) is 5.05. The number of carbonyl (C=O) groups excluding carboxylic acids is 1. The van der Waals surface area contributed by atoms with E-state index in [1.54, 1.807) is 0 Å². The van der Waals surface area contributed by atoms with E-state index in [0.717, 1.165) is 25.9 Å². The lowest BCUT2D eigenvalue weighted by molar-refractivity contribution is -0.123. The van der Waals surface area contributed by atoms with E-state index in [-0.39, 0.29) is 12.5 Å². The average Bonchev–Trinajstić information content (AvgIpc) is 2.82. The van der Waals surface area contributed by atoms with Gasteiger partial charge in [0.25, 0.3) is 0 Å². The predicted octanol–water partition coefficient (Wildman–Crippen LogP) is 1.24. The van der Waals surface area contributed by atoms with E-state index < -0.39 is 0 Å². The third kappa shape index (κ3) is 3.93. The Bertz CT molecular complexity index is 309. The van der Waals surface area contributed by atoms with Crippen LogP contribution in [0.1, 0.15) is 39.5 Å². The molecule has 1 amide bonds. The first kappa shape index (κ1) is 14.8. The smallest absolute Gasteiger partial charge is 0.234 e. The van der Waals surface area contributed by atoms with Crippen LogP contribution < -0.4 is 5.32 Å². The number of rotatable bonds is 4. The maximum Gasteiger partial charge on any atom is 0.234 e. The Morgan fingerprint density at radius 1 is 1.32 bits per heavy atom. The molecule has 1 aliphatic carbocycles. The van der Waals surface area contributed by atoms with Gasteiger partial charge in [0.15, 0.2) is 0 Å². The van der Waals surface area contributed by atoms with E-state index in [9.17, 15) is 4.79 Å². The highest BCUT2D eigenvalue weighted by atomic mass is 16.3. The summed E-state index contributed by atoms with van der Waals surface area (Å²) in [5, 5.41) is 12.3. The van der Waals surface area contributed by atoms with Crippen molar-refractivity contribution in [3.8, 4) is 0 Å². The lowest BCUT2D eigenvalue weighted by atomic mass is 9.78. The minimum atomic E-state index is 0.157. The van der Waals surface area contributed by atoms with E-state index in [4.69, 9.17) is 5.11 Å². The largest absolute Gasteiger partial charge is 0.396 e. The van der Waals surface area contributed by atoms with Crippen LogP contribution in [0.4, 0.5) is 0 Å². The van der Waals surface area contributed by atoms with Gasteiger partial charge in [0.05, 0.1) is 6.54 Å². The second kappa shape index (κ2) is 6.71. The van der Waals surface area contributed by atoms with Crippen molar-refractivity contribution in [2.45, 2.75) is 45.6 Å². The Morgan fingerprint density at radius 2 is 2.11 bits per heavy atom. The Balaban J connectivity index is 1.75. The summed E-state index contributed by atoms with van der Waals surface area (Å²) in [7, 11) is 0. The zero-order valence-corrected chi connectivity index (χ0v) is 12.3. The van der Waals surface area contributed by atoms with E-state index in [2.05, 4.69) is 24.1 Å². The van der Waals surface area contributed by atoms with Gasteiger partial charge >= 0.3 is 0 Å². The molecular weight excluding hydrogens is 240 g/mol. The first-order valence-corrected chi connectivity index (χ1v) is 7.72. The van der Waals surface area contributed by atoms with Crippen molar-refractivity contribution in [1.82, 2.24) is 10.2 Å². The summed E-state index contributed by atoms with van der Waals surface area (Å²) in [6, 6.07) is 0.354. The van der Waals surface area contributed by atoms with Crippen molar-refractivity contribution >= 4 is 5.91 Å². The van der Waals surface area contributed by atoms with Crippen LogP contribution in [-0.4, -0.2) is 48.2 Å². The van der Waals surface area contributed by atoms with Crippen LogP contribution in [-0.2, 0) is 4.79 Å². The van der Waals surface area contributed by atoms with Gasteiger partial charge in [-0.25, -0.2) is 0 Å². The van der Waals surface area contributed by atoms with Crippen molar-refractivity contribution in [1.29, 1.82) is 0 Å². The van der Waals surface area contributed by atoms with Gasteiger partial charge < -0.3 is 10.4 Å². The standard InChI is InChI=1S/C15H28N2O2/c1-11-4-3-5-14(12(11)2)16-15(19)9-17-7-6-13(8-17)10-18/h11-14,18H,3-10H2,1-2H3,(H,16,19). The summed E-state index contributed by atoms with van der Waals surface area (Å²) >= 11 is 0. The summed E-state index contributed by atoms with van der Waals surface area (Å²) in [5.41, 5.74) is 0. The normalized spacial score (nSPS) is 36.4. The number of hydrogen-bond acceptors (Lipinski definition) is 3. The molecule has 1 saturated carbocycles. The summed E-state index contributed by atoms with van der Waals surface area (Å²) in [6.45, 7) is 7.08. The fourth-order valence-electron chi connectivity index (χ4n) is 3.45. The highest BCUT2D eigenvalue weighted by Gasteiger charge is 2.29. The van der Waals surface area contributed by atoms with Gasteiger partial charge in [-0.2, -0.15) is 0 Å². The molecule has 4 atom stereocenters. The highest BCUT2D eigenvalue weighted by Crippen LogP contribution is 2.29. The number of nitrogens with one attached hydrogen (secondary N) is 1. The lowest BCUT2D eigenvalue weighted by Gasteiger charge is -2.35. The molecule has 19 heavy (non-hydrogen) atoms. The summed E-state index contributed by atoms with van der Waals surface area (Å²) in [6.07, 6.45) is 4.65. The molecule has 0 aromatic rings. The van der Waals surface area contributed by atoms with E-state index in [0.29, 0.717) is 30.3 Å². The predicted molar refractivity (Wildman–Crippen MR) is 75.7 cm³/mol. The fourth-order valence-corrected chi connectivity index (χ4v) is 3.45. The van der Waals surface area contributed by atoms with Crippen molar-refractivity contribution in [2.24, 2.45) is 17.8 Å². The Morgan fingerprint density at radius 3 is 2.79 bits per heavy atom. The molecule has 0 spiro atoms. The Hall–Kier alpha value is -0.610. The first-order valence-electron chi connectivity index (χ1n) is 7.72. The molecule has 4 unspecified atom stereocenters. The Labute approximate surface area is 116 Å². The number of aliphatic hydroxyl groups excluding tert-OH is 1.